The van der Waals surface area contributed by atoms with Crippen LogP contribution in [-0.4, -0.2) is 58.9 Å². The molecule has 2 fully saturated rings. The molecular formula is C30H46N4O2. The lowest BCUT2D eigenvalue weighted by atomic mass is 9.79. The molecule has 36 heavy (non-hydrogen) atoms. The summed E-state index contributed by atoms with van der Waals surface area (Å²) in [6, 6.07) is 8.82. The zero-order valence-electron chi connectivity index (χ0n) is 23.2. The first kappa shape index (κ1) is 27.0. The number of pyridine rings is 2. The molecule has 198 valence electrons. The maximum atomic E-state index is 10.9. The van der Waals surface area contributed by atoms with Crippen molar-refractivity contribution in [2.45, 2.75) is 84.5 Å². The molecule has 4 heterocycles. The second-order valence-corrected chi connectivity index (χ2v) is 11.9. The van der Waals surface area contributed by atoms with Gasteiger partial charge in [0.2, 0.25) is 0 Å². The molecule has 2 aliphatic rings. The number of hydrogen-bond acceptors (Lipinski definition) is 6. The van der Waals surface area contributed by atoms with Crippen LogP contribution < -0.4 is 4.90 Å². The van der Waals surface area contributed by atoms with E-state index in [0.717, 1.165) is 81.2 Å². The summed E-state index contributed by atoms with van der Waals surface area (Å²) in [7, 11) is 2.20. The van der Waals surface area contributed by atoms with Gasteiger partial charge in [0.15, 0.2) is 0 Å². The van der Waals surface area contributed by atoms with Gasteiger partial charge in [-0.3, -0.25) is 9.97 Å². The quantitative estimate of drug-likeness (QED) is 0.506. The van der Waals surface area contributed by atoms with Crippen molar-refractivity contribution in [2.24, 2.45) is 11.8 Å². The third-order valence-electron chi connectivity index (χ3n) is 7.88. The molecule has 0 radical (unpaired) electrons. The van der Waals surface area contributed by atoms with E-state index < -0.39 is 5.60 Å². The topological polar surface area (TPSA) is 61.7 Å². The fourth-order valence-corrected chi connectivity index (χ4v) is 5.73. The first-order valence-electron chi connectivity index (χ1n) is 13.9. The highest BCUT2D eigenvalue weighted by atomic mass is 16.5. The molecule has 2 saturated heterocycles. The van der Waals surface area contributed by atoms with E-state index in [0.29, 0.717) is 11.8 Å². The molecule has 1 unspecified atom stereocenters. The Kier molecular flexibility index (Phi) is 8.69. The van der Waals surface area contributed by atoms with Gasteiger partial charge in [-0.2, -0.15) is 0 Å². The van der Waals surface area contributed by atoms with Crippen molar-refractivity contribution in [1.82, 2.24) is 14.9 Å². The molecule has 2 aromatic heterocycles. The van der Waals surface area contributed by atoms with Crippen LogP contribution in [0.15, 0.2) is 30.5 Å². The largest absolute Gasteiger partial charge is 0.390 e. The van der Waals surface area contributed by atoms with Crippen molar-refractivity contribution in [3.05, 3.63) is 53.1 Å². The Labute approximate surface area is 218 Å². The van der Waals surface area contributed by atoms with Crippen LogP contribution in [0.25, 0.3) is 0 Å². The van der Waals surface area contributed by atoms with Gasteiger partial charge in [0.1, 0.15) is 0 Å². The second-order valence-electron chi connectivity index (χ2n) is 11.9. The van der Waals surface area contributed by atoms with Crippen LogP contribution >= 0.6 is 0 Å². The normalized spacial score (nSPS) is 23.1. The third kappa shape index (κ3) is 6.84. The summed E-state index contributed by atoms with van der Waals surface area (Å²) in [6.45, 7) is 14.9. The van der Waals surface area contributed by atoms with E-state index in [2.05, 4.69) is 61.9 Å². The molecule has 0 aromatic carbocycles. The van der Waals surface area contributed by atoms with E-state index in [1.165, 1.54) is 5.56 Å². The van der Waals surface area contributed by atoms with Crippen LogP contribution in [0, 0.1) is 11.8 Å². The van der Waals surface area contributed by atoms with Crippen LogP contribution in [-0.2, 0) is 17.7 Å². The minimum atomic E-state index is -0.714. The lowest BCUT2D eigenvalue weighted by molar-refractivity contribution is -0.000254. The Morgan fingerprint density at radius 1 is 1.19 bits per heavy atom. The molecule has 3 atom stereocenters. The number of aromatic nitrogens is 2. The Morgan fingerprint density at radius 2 is 1.97 bits per heavy atom. The summed E-state index contributed by atoms with van der Waals surface area (Å²) in [5, 5.41) is 10.9. The molecule has 0 amide bonds. The van der Waals surface area contributed by atoms with Gasteiger partial charge in [0.05, 0.1) is 29.3 Å². The molecule has 6 nitrogen and oxygen atoms in total. The van der Waals surface area contributed by atoms with Gasteiger partial charge in [-0.15, -0.1) is 0 Å². The molecule has 2 aliphatic heterocycles. The number of anilines is 1. The van der Waals surface area contributed by atoms with Gasteiger partial charge in [-0.05, 0) is 88.2 Å². The fraction of sp³-hybridized carbons (Fsp3) is 0.667. The highest BCUT2D eigenvalue weighted by Gasteiger charge is 2.36. The molecular weight excluding hydrogens is 448 g/mol. The maximum absolute atomic E-state index is 10.9. The molecule has 0 aliphatic carbocycles. The Balaban J connectivity index is 1.46. The van der Waals surface area contributed by atoms with Crippen LogP contribution in [0.2, 0.25) is 0 Å². The summed E-state index contributed by atoms with van der Waals surface area (Å²) < 4.78 is 5.96. The Hall–Kier alpha value is -2.02. The highest BCUT2D eigenvalue weighted by Crippen LogP contribution is 2.34. The van der Waals surface area contributed by atoms with Crippen LogP contribution in [0.5, 0.6) is 0 Å². The van der Waals surface area contributed by atoms with Gasteiger partial charge in [-0.1, -0.05) is 20.8 Å². The smallest absolute Gasteiger partial charge is 0.0827 e. The summed E-state index contributed by atoms with van der Waals surface area (Å²) >= 11 is 0. The molecule has 0 bridgehead atoms. The minimum Gasteiger partial charge on any atom is -0.390 e. The van der Waals surface area contributed by atoms with E-state index in [-0.39, 0.29) is 12.0 Å². The number of rotatable bonds is 9. The van der Waals surface area contributed by atoms with Crippen molar-refractivity contribution < 1.29 is 9.84 Å². The summed E-state index contributed by atoms with van der Waals surface area (Å²) in [4.78, 5) is 14.5. The molecule has 2 aromatic rings. The van der Waals surface area contributed by atoms with Gasteiger partial charge in [-0.25, -0.2) is 0 Å². The van der Waals surface area contributed by atoms with Crippen LogP contribution in [0.3, 0.4) is 0 Å². The van der Waals surface area contributed by atoms with E-state index in [9.17, 15) is 5.11 Å². The van der Waals surface area contributed by atoms with Crippen LogP contribution in [0.1, 0.15) is 88.5 Å². The maximum Gasteiger partial charge on any atom is 0.0827 e. The summed E-state index contributed by atoms with van der Waals surface area (Å²) in [6.07, 6.45) is 6.43. The molecule has 0 spiro atoms. The van der Waals surface area contributed by atoms with Gasteiger partial charge >= 0.3 is 0 Å². The number of aliphatic hydroxyl groups is 1. The predicted octanol–water partition coefficient (Wildman–Crippen LogP) is 5.36. The standard InChI is InChI=1S/C30H46N4O2/c1-7-25-14-23(29-9-8-12-36-29)15-26(32-25)20-33(6)17-22-13-24(30(4,5)35)19-34(18-22)27-10-11-28(21(2)3)31-16-27/h10-11,14-16,21-22,24,29,35H,7-9,12-13,17-20H2,1-6H3/t22?,24-,29+/m0/s1. The number of aryl methyl sites for hydroxylation is 1. The lowest BCUT2D eigenvalue weighted by Gasteiger charge is -2.44. The van der Waals surface area contributed by atoms with Crippen molar-refractivity contribution in [2.75, 3.05) is 38.2 Å². The molecule has 6 heteroatoms. The monoisotopic (exact) mass is 494 g/mol. The first-order chi connectivity index (χ1) is 17.1. The van der Waals surface area contributed by atoms with Gasteiger partial charge in [0, 0.05) is 50.1 Å². The third-order valence-corrected chi connectivity index (χ3v) is 7.88. The molecule has 1 N–H and O–H groups in total. The van der Waals surface area contributed by atoms with Crippen molar-refractivity contribution in [3.8, 4) is 0 Å². The van der Waals surface area contributed by atoms with Crippen molar-refractivity contribution in [1.29, 1.82) is 0 Å². The minimum absolute atomic E-state index is 0.210. The number of ether oxygens (including phenoxy) is 1. The molecule has 0 saturated carbocycles. The zero-order valence-corrected chi connectivity index (χ0v) is 23.2. The van der Waals surface area contributed by atoms with Crippen molar-refractivity contribution in [3.63, 3.8) is 0 Å². The summed E-state index contributed by atoms with van der Waals surface area (Å²) in [5.41, 5.74) is 5.12. The van der Waals surface area contributed by atoms with E-state index in [1.54, 1.807) is 0 Å². The predicted molar refractivity (Wildman–Crippen MR) is 146 cm³/mol. The average Bonchev–Trinajstić information content (AvgIpc) is 3.38. The lowest BCUT2D eigenvalue weighted by Crippen LogP contribution is -2.50. The second kappa shape index (κ2) is 11.6. The molecule has 4 rings (SSSR count). The van der Waals surface area contributed by atoms with E-state index in [4.69, 9.17) is 14.7 Å². The van der Waals surface area contributed by atoms with E-state index in [1.807, 2.05) is 20.0 Å². The average molecular weight is 495 g/mol. The fourth-order valence-electron chi connectivity index (χ4n) is 5.73. The number of piperidine rings is 1. The van der Waals surface area contributed by atoms with Crippen LogP contribution in [0.4, 0.5) is 5.69 Å². The number of nitrogens with zero attached hydrogens (tertiary/aromatic N) is 4. The Bertz CT molecular complexity index is 979. The SMILES string of the molecule is CCc1cc([C@H]2CCCO2)cc(CN(C)CC2C[C@H](C(C)(C)O)CN(c3ccc(C(C)C)nc3)C2)n1. The van der Waals surface area contributed by atoms with Gasteiger partial charge < -0.3 is 19.6 Å². The first-order valence-corrected chi connectivity index (χ1v) is 13.9. The Morgan fingerprint density at radius 3 is 2.58 bits per heavy atom. The zero-order chi connectivity index (χ0) is 25.9. The van der Waals surface area contributed by atoms with Crippen molar-refractivity contribution >= 4 is 5.69 Å². The number of hydrogen-bond donors (Lipinski definition) is 1. The summed E-state index contributed by atoms with van der Waals surface area (Å²) in [5.74, 6) is 1.09. The highest BCUT2D eigenvalue weighted by molar-refractivity contribution is 5.45. The van der Waals surface area contributed by atoms with Gasteiger partial charge in [0.25, 0.3) is 0 Å². The van der Waals surface area contributed by atoms with E-state index >= 15 is 0 Å².